The van der Waals surface area contributed by atoms with Crippen LogP contribution in [-0.4, -0.2) is 25.5 Å². The van der Waals surface area contributed by atoms with Gasteiger partial charge in [-0.15, -0.1) is 0 Å². The Kier molecular flexibility index (Phi) is 5.89. The Hall–Kier alpha value is -4.12. The van der Waals surface area contributed by atoms with Gasteiger partial charge in [0.05, 0.1) is 5.56 Å². The van der Waals surface area contributed by atoms with Crippen molar-refractivity contribution >= 4 is 0 Å². The molecule has 0 saturated carbocycles. The molecule has 0 spiro atoms. The third kappa shape index (κ3) is 4.26. The van der Waals surface area contributed by atoms with E-state index in [-0.39, 0.29) is 34.3 Å². The summed E-state index contributed by atoms with van der Waals surface area (Å²) in [6, 6.07) is 21.8. The van der Waals surface area contributed by atoms with E-state index >= 15 is 0 Å². The van der Waals surface area contributed by atoms with E-state index in [1.54, 1.807) is 36.4 Å². The average Bonchev–Trinajstić information content (AvgIpc) is 2.80. The quantitative estimate of drug-likeness (QED) is 0.228. The maximum absolute atomic E-state index is 11.5. The first-order valence-corrected chi connectivity index (χ1v) is 11.4. The summed E-state index contributed by atoms with van der Waals surface area (Å²) in [5.41, 5.74) is 2.42. The summed E-state index contributed by atoms with van der Waals surface area (Å²) in [4.78, 5) is 0. The highest BCUT2D eigenvalue weighted by molar-refractivity contribution is 5.81. The third-order valence-corrected chi connectivity index (χ3v) is 6.95. The summed E-state index contributed by atoms with van der Waals surface area (Å²) in [5, 5.41) is 52.4. The van der Waals surface area contributed by atoms with Crippen LogP contribution < -0.4 is 0 Å². The van der Waals surface area contributed by atoms with Crippen LogP contribution in [0, 0.1) is 0 Å². The van der Waals surface area contributed by atoms with Gasteiger partial charge in [0.15, 0.2) is 0 Å². The molecular weight excluding hydrogens is 440 g/mol. The molecule has 0 heterocycles. The van der Waals surface area contributed by atoms with E-state index in [0.29, 0.717) is 16.7 Å². The molecule has 0 unspecified atom stereocenters. The number of benzene rings is 4. The van der Waals surface area contributed by atoms with Crippen molar-refractivity contribution in [2.45, 2.75) is 38.5 Å². The Balaban J connectivity index is 2.03. The topological polar surface area (TPSA) is 101 Å². The van der Waals surface area contributed by atoms with Crippen LogP contribution >= 0.6 is 0 Å². The maximum atomic E-state index is 11.5. The fourth-order valence-electron chi connectivity index (χ4n) is 4.58. The van der Waals surface area contributed by atoms with E-state index in [1.165, 1.54) is 12.1 Å². The summed E-state index contributed by atoms with van der Waals surface area (Å²) < 4.78 is 0. The lowest BCUT2D eigenvalue weighted by atomic mass is 9.71. The molecule has 5 nitrogen and oxygen atoms in total. The van der Waals surface area contributed by atoms with Gasteiger partial charge in [-0.3, -0.25) is 0 Å². The number of phenolic OH excluding ortho intramolecular Hbond substituents is 5. The molecule has 0 aliphatic rings. The summed E-state index contributed by atoms with van der Waals surface area (Å²) in [7, 11) is 0. The fourth-order valence-corrected chi connectivity index (χ4v) is 4.58. The number of hydrogen-bond donors (Lipinski definition) is 5. The van der Waals surface area contributed by atoms with Crippen molar-refractivity contribution in [3.63, 3.8) is 0 Å². The first-order chi connectivity index (χ1) is 16.4. The second-order valence-electron chi connectivity index (χ2n) is 9.93. The predicted octanol–water partition coefficient (Wildman–Crippen LogP) is 6.53. The highest BCUT2D eigenvalue weighted by Gasteiger charge is 2.35. The van der Waals surface area contributed by atoms with Crippen molar-refractivity contribution in [3.8, 4) is 39.9 Å². The zero-order chi connectivity index (χ0) is 25.5. The number of rotatable bonds is 5. The smallest absolute Gasteiger partial charge is 0.131 e. The van der Waals surface area contributed by atoms with Crippen molar-refractivity contribution in [1.82, 2.24) is 0 Å². The third-order valence-electron chi connectivity index (χ3n) is 6.95. The molecule has 5 heteroatoms. The van der Waals surface area contributed by atoms with Crippen LogP contribution in [0.2, 0.25) is 0 Å². The van der Waals surface area contributed by atoms with Gasteiger partial charge in [0.25, 0.3) is 0 Å². The SMILES string of the molecule is CC(C)(c1ccc(O)cc1)c1cc(C(C)(C)c2ccc(O)cc2)c(O)c(-c2ccc(O)cc2)c1O. The minimum Gasteiger partial charge on any atom is -0.508 e. The van der Waals surface area contributed by atoms with Gasteiger partial charge in [0.1, 0.15) is 28.7 Å². The molecule has 0 bridgehead atoms. The maximum Gasteiger partial charge on any atom is 0.131 e. The summed E-state index contributed by atoms with van der Waals surface area (Å²) in [6.07, 6.45) is 0. The van der Waals surface area contributed by atoms with Crippen molar-refractivity contribution in [2.24, 2.45) is 0 Å². The lowest BCUT2D eigenvalue weighted by Crippen LogP contribution is -2.23. The van der Waals surface area contributed by atoms with Gasteiger partial charge < -0.3 is 25.5 Å². The molecule has 0 atom stereocenters. The van der Waals surface area contributed by atoms with E-state index in [9.17, 15) is 25.5 Å². The zero-order valence-corrected chi connectivity index (χ0v) is 20.2. The highest BCUT2D eigenvalue weighted by atomic mass is 16.3. The molecule has 0 aliphatic heterocycles. The lowest BCUT2D eigenvalue weighted by molar-refractivity contribution is 0.428. The number of phenols is 5. The van der Waals surface area contributed by atoms with E-state index in [2.05, 4.69) is 0 Å². The Bertz CT molecular complexity index is 1270. The number of aromatic hydroxyl groups is 5. The summed E-state index contributed by atoms with van der Waals surface area (Å²) >= 11 is 0. The minimum atomic E-state index is -0.684. The molecule has 5 N–H and O–H groups in total. The molecule has 0 radical (unpaired) electrons. The van der Waals surface area contributed by atoms with Gasteiger partial charge in [-0.05, 0) is 59.2 Å². The fraction of sp³-hybridized carbons (Fsp3) is 0.200. The standard InChI is InChI=1S/C30H30O5/c1-29(2,19-7-13-22(32)14-8-19)24-17-25(30(3,4)20-9-15-23(33)16-10-20)28(35)26(27(24)34)18-5-11-21(31)12-6-18/h5-17,31-35H,1-4H3. The second kappa shape index (κ2) is 8.58. The second-order valence-corrected chi connectivity index (χ2v) is 9.93. The van der Waals surface area contributed by atoms with Crippen LogP contribution in [0.25, 0.3) is 11.1 Å². The monoisotopic (exact) mass is 470 g/mol. The van der Waals surface area contributed by atoms with Crippen LogP contribution in [0.4, 0.5) is 0 Å². The van der Waals surface area contributed by atoms with Crippen molar-refractivity contribution in [2.75, 3.05) is 0 Å². The molecule has 0 aliphatic carbocycles. The molecule has 0 fully saturated rings. The molecule has 35 heavy (non-hydrogen) atoms. The Morgan fingerprint density at radius 2 is 0.771 bits per heavy atom. The molecule has 4 rings (SSSR count). The Morgan fingerprint density at radius 3 is 1.11 bits per heavy atom. The first-order valence-electron chi connectivity index (χ1n) is 11.4. The Morgan fingerprint density at radius 1 is 0.457 bits per heavy atom. The van der Waals surface area contributed by atoms with Gasteiger partial charge >= 0.3 is 0 Å². The van der Waals surface area contributed by atoms with Crippen LogP contribution in [0.5, 0.6) is 28.7 Å². The van der Waals surface area contributed by atoms with E-state index < -0.39 is 10.8 Å². The van der Waals surface area contributed by atoms with Gasteiger partial charge in [-0.25, -0.2) is 0 Å². The van der Waals surface area contributed by atoms with Gasteiger partial charge in [-0.2, -0.15) is 0 Å². The van der Waals surface area contributed by atoms with E-state index in [1.807, 2.05) is 58.0 Å². The summed E-state index contributed by atoms with van der Waals surface area (Å²) in [6.45, 7) is 7.90. The van der Waals surface area contributed by atoms with Crippen LogP contribution in [0.15, 0.2) is 78.9 Å². The van der Waals surface area contributed by atoms with Crippen molar-refractivity contribution in [3.05, 3.63) is 101 Å². The minimum absolute atomic E-state index is 0.0588. The van der Waals surface area contributed by atoms with Crippen molar-refractivity contribution < 1.29 is 25.5 Å². The first kappa shape index (κ1) is 24.0. The zero-order valence-electron chi connectivity index (χ0n) is 20.2. The largest absolute Gasteiger partial charge is 0.508 e. The molecule has 0 aromatic heterocycles. The van der Waals surface area contributed by atoms with E-state index in [4.69, 9.17) is 0 Å². The van der Waals surface area contributed by atoms with Gasteiger partial charge in [-0.1, -0.05) is 64.1 Å². The Labute approximate surface area is 205 Å². The van der Waals surface area contributed by atoms with Crippen LogP contribution in [0.1, 0.15) is 49.9 Å². The molecule has 4 aromatic rings. The summed E-state index contributed by atoms with van der Waals surface area (Å²) in [5.74, 6) is 0.267. The lowest BCUT2D eigenvalue weighted by Gasteiger charge is -2.33. The van der Waals surface area contributed by atoms with Crippen molar-refractivity contribution in [1.29, 1.82) is 0 Å². The highest BCUT2D eigenvalue weighted by Crippen LogP contribution is 2.51. The molecular formula is C30H30O5. The molecule has 180 valence electrons. The molecule has 0 saturated heterocycles. The normalized spacial score (nSPS) is 12.0. The van der Waals surface area contributed by atoms with E-state index in [0.717, 1.165) is 11.1 Å². The van der Waals surface area contributed by atoms with Crippen LogP contribution in [-0.2, 0) is 10.8 Å². The number of hydrogen-bond acceptors (Lipinski definition) is 5. The van der Waals surface area contributed by atoms with Gasteiger partial charge in [0.2, 0.25) is 0 Å². The molecule has 0 amide bonds. The van der Waals surface area contributed by atoms with Gasteiger partial charge in [0, 0.05) is 22.0 Å². The molecule has 4 aromatic carbocycles. The average molecular weight is 471 g/mol. The van der Waals surface area contributed by atoms with Crippen LogP contribution in [0.3, 0.4) is 0 Å². The predicted molar refractivity (Wildman–Crippen MR) is 137 cm³/mol.